The van der Waals surface area contributed by atoms with Crippen molar-refractivity contribution in [2.45, 2.75) is 144 Å². The van der Waals surface area contributed by atoms with Crippen LogP contribution in [0.3, 0.4) is 0 Å². The third kappa shape index (κ3) is 12.2. The van der Waals surface area contributed by atoms with Crippen LogP contribution in [0.15, 0.2) is 0 Å². The van der Waals surface area contributed by atoms with Gasteiger partial charge in [0, 0.05) is 6.61 Å². The fourth-order valence-corrected chi connectivity index (χ4v) is 6.25. The summed E-state index contributed by atoms with van der Waals surface area (Å²) in [6.07, 6.45) is -1.90. The van der Waals surface area contributed by atoms with E-state index in [2.05, 4.69) is 0 Å². The molecule has 0 aromatic heterocycles. The third-order valence-electron chi connectivity index (χ3n) is 8.29. The van der Waals surface area contributed by atoms with Crippen molar-refractivity contribution in [3.05, 3.63) is 0 Å². The van der Waals surface area contributed by atoms with Gasteiger partial charge in [-0.3, -0.25) is 9.35 Å². The molecule has 16 nitrogen and oxygen atoms in total. The van der Waals surface area contributed by atoms with Crippen molar-refractivity contribution in [2.75, 3.05) is 26.4 Å². The summed E-state index contributed by atoms with van der Waals surface area (Å²) in [6, 6.07) is 0. The molecule has 0 amide bonds. The molecule has 0 aliphatic carbocycles. The van der Waals surface area contributed by atoms with Gasteiger partial charge in [0.2, 0.25) is 5.79 Å². The predicted octanol–water partition coefficient (Wildman–Crippen LogP) is -0.959. The lowest BCUT2D eigenvalue weighted by molar-refractivity contribution is -0.385. The number of ether oxygens (including phenoxy) is 4. The molecule has 2 aliphatic heterocycles. The van der Waals surface area contributed by atoms with E-state index in [9.17, 15) is 49.0 Å². The number of unbranched alkanes of at least 4 members (excludes halogenated alkanes) is 11. The van der Waals surface area contributed by atoms with Gasteiger partial charge in [-0.15, -0.1) is 0 Å². The molecule has 0 aromatic rings. The van der Waals surface area contributed by atoms with Gasteiger partial charge in [0.05, 0.1) is 13.2 Å². The molecule has 2 saturated heterocycles. The van der Waals surface area contributed by atoms with Crippen molar-refractivity contribution < 1.29 is 77.6 Å². The Bertz CT molecular complexity index is 951. The van der Waals surface area contributed by atoms with E-state index in [1.54, 1.807) is 0 Å². The Morgan fingerprint density at radius 3 is 1.71 bits per heavy atom. The molecule has 0 spiro atoms. The van der Waals surface area contributed by atoms with E-state index in [1.807, 2.05) is 0 Å². The van der Waals surface area contributed by atoms with E-state index in [0.717, 1.165) is 57.8 Å². The molecule has 45 heavy (non-hydrogen) atoms. The van der Waals surface area contributed by atoms with Crippen molar-refractivity contribution in [3.63, 3.8) is 0 Å². The number of rotatable bonds is 23. The van der Waals surface area contributed by atoms with Gasteiger partial charge in [-0.2, -0.15) is 8.42 Å². The van der Waals surface area contributed by atoms with Crippen LogP contribution >= 0.6 is 0 Å². The first-order chi connectivity index (χ1) is 21.3. The Kier molecular flexibility index (Phi) is 17.6. The Balaban J connectivity index is 1.61. The van der Waals surface area contributed by atoms with Gasteiger partial charge in [0.1, 0.15) is 49.3 Å². The second-order valence-corrected chi connectivity index (χ2v) is 13.4. The second kappa shape index (κ2) is 19.7. The highest BCUT2D eigenvalue weighted by Crippen LogP contribution is 2.36. The zero-order valence-corrected chi connectivity index (χ0v) is 26.3. The van der Waals surface area contributed by atoms with Crippen LogP contribution in [0, 0.1) is 0 Å². The summed E-state index contributed by atoms with van der Waals surface area (Å²) in [7, 11) is -4.58. The zero-order valence-electron chi connectivity index (χ0n) is 25.5. The van der Waals surface area contributed by atoms with Crippen molar-refractivity contribution in [1.82, 2.24) is 0 Å². The van der Waals surface area contributed by atoms with Crippen LogP contribution in [0.1, 0.15) is 83.5 Å². The third-order valence-corrected chi connectivity index (χ3v) is 9.45. The molecule has 2 rings (SSSR count). The van der Waals surface area contributed by atoms with Gasteiger partial charge in [-0.25, -0.2) is 0 Å². The number of carboxylic acid groups (broad SMARTS) is 1. The van der Waals surface area contributed by atoms with Crippen molar-refractivity contribution in [3.8, 4) is 0 Å². The smallest absolute Gasteiger partial charge is 0.324 e. The van der Waals surface area contributed by atoms with Crippen molar-refractivity contribution >= 4 is 16.1 Å². The summed E-state index contributed by atoms with van der Waals surface area (Å²) < 4.78 is 53.4. The fraction of sp³-hybridized carbons (Fsp3) is 0.964. The second-order valence-electron chi connectivity index (χ2n) is 11.8. The number of carboxylic acids is 1. The molecule has 9 N–H and O–H groups in total. The Morgan fingerprint density at radius 1 is 0.733 bits per heavy atom. The van der Waals surface area contributed by atoms with Crippen LogP contribution in [0.4, 0.5) is 0 Å². The molecular weight excluding hydrogens is 624 g/mol. The molecule has 1 unspecified atom stereocenters. The summed E-state index contributed by atoms with van der Waals surface area (Å²) in [5, 5.41) is 77.6. The quantitative estimate of drug-likeness (QED) is 0.0466. The number of aliphatic hydroxyl groups is 7. The highest BCUT2D eigenvalue weighted by atomic mass is 32.2. The molecule has 0 radical (unpaired) electrons. The Hall–Kier alpha value is -1.06. The van der Waals surface area contributed by atoms with E-state index < -0.39 is 96.0 Å². The average molecular weight is 677 g/mol. The largest absolute Gasteiger partial charge is 0.480 e. The monoisotopic (exact) mass is 676 g/mol. The first-order valence-electron chi connectivity index (χ1n) is 15.7. The maximum absolute atomic E-state index is 11.1. The minimum atomic E-state index is -4.58. The standard InChI is InChI=1S/C28H52O16S/c29-15-18-21(31)23(33)24(34)27(42-18)44-28(25(35)22(32)19(16-30)43-28)17-41-14-12-10-8-6-4-2-1-3-5-7-9-11-13-20(26(36)37)45(38,39)40/h18-25,27,29-35H,1-17H2,(H,36,37)(H,38,39,40)/t18-,19-,20?,21-,22-,23+,24-,25+,27-,28+/m1/s1. The van der Waals surface area contributed by atoms with Crippen LogP contribution < -0.4 is 0 Å². The molecule has 2 heterocycles. The molecule has 0 saturated carbocycles. The highest BCUT2D eigenvalue weighted by Gasteiger charge is 2.58. The van der Waals surface area contributed by atoms with E-state index >= 15 is 0 Å². The lowest BCUT2D eigenvalue weighted by atomic mass is 9.99. The number of hydrogen-bond donors (Lipinski definition) is 9. The van der Waals surface area contributed by atoms with E-state index in [1.165, 1.54) is 0 Å². The summed E-state index contributed by atoms with van der Waals surface area (Å²) in [5.41, 5.74) is 0. The number of aliphatic hydroxyl groups excluding tert-OH is 7. The van der Waals surface area contributed by atoms with Crippen LogP contribution in [-0.2, 0) is 33.9 Å². The Morgan fingerprint density at radius 2 is 1.24 bits per heavy atom. The van der Waals surface area contributed by atoms with Gasteiger partial charge in [0.15, 0.2) is 11.5 Å². The van der Waals surface area contributed by atoms with E-state index in [-0.39, 0.29) is 13.0 Å². The molecule has 10 atom stereocenters. The number of aliphatic carboxylic acids is 1. The summed E-state index contributed by atoms with van der Waals surface area (Å²) in [5.74, 6) is -3.60. The lowest BCUT2D eigenvalue weighted by Gasteiger charge is -2.43. The van der Waals surface area contributed by atoms with Gasteiger partial charge >= 0.3 is 5.97 Å². The molecular formula is C28H52O16S. The van der Waals surface area contributed by atoms with Gasteiger partial charge < -0.3 is 59.8 Å². The van der Waals surface area contributed by atoms with Gasteiger partial charge in [0.25, 0.3) is 10.1 Å². The zero-order chi connectivity index (χ0) is 33.6. The SMILES string of the molecule is O=C(O)C(CCCCCCCCCCCCCCOC[C@@]1(O[C@H]2O[C@H](CO)[C@@H](O)[C@H](O)[C@H]2O)O[C@H](CO)[C@@H](O)[C@@H]1O)S(=O)(=O)O. The lowest BCUT2D eigenvalue weighted by Crippen LogP contribution is -2.62. The molecule has 0 aromatic carbocycles. The highest BCUT2D eigenvalue weighted by molar-refractivity contribution is 7.87. The van der Waals surface area contributed by atoms with E-state index in [0.29, 0.717) is 19.3 Å². The maximum atomic E-state index is 11.1. The van der Waals surface area contributed by atoms with Crippen LogP contribution in [0.2, 0.25) is 0 Å². The summed E-state index contributed by atoms with van der Waals surface area (Å²) >= 11 is 0. The first kappa shape index (κ1) is 40.1. The van der Waals surface area contributed by atoms with E-state index in [4.69, 9.17) is 28.6 Å². The number of carbonyl (C=O) groups is 1. The van der Waals surface area contributed by atoms with Crippen LogP contribution in [0.5, 0.6) is 0 Å². The van der Waals surface area contributed by atoms with Gasteiger partial charge in [-0.05, 0) is 12.8 Å². The minimum Gasteiger partial charge on any atom is -0.480 e. The maximum Gasteiger partial charge on any atom is 0.324 e. The molecule has 2 fully saturated rings. The normalized spacial score (nSPS) is 33.0. The van der Waals surface area contributed by atoms with Crippen molar-refractivity contribution in [2.24, 2.45) is 0 Å². The van der Waals surface area contributed by atoms with Gasteiger partial charge in [-0.1, -0.05) is 70.6 Å². The van der Waals surface area contributed by atoms with Crippen LogP contribution in [-0.4, -0.2) is 146 Å². The summed E-state index contributed by atoms with van der Waals surface area (Å²) in [4.78, 5) is 10.9. The average Bonchev–Trinajstić information content (AvgIpc) is 3.22. The fourth-order valence-electron chi connectivity index (χ4n) is 5.53. The molecule has 0 bridgehead atoms. The van der Waals surface area contributed by atoms with Crippen LogP contribution in [0.25, 0.3) is 0 Å². The first-order valence-corrected chi connectivity index (χ1v) is 17.2. The molecule has 17 heteroatoms. The Labute approximate surface area is 263 Å². The van der Waals surface area contributed by atoms with Crippen molar-refractivity contribution in [1.29, 1.82) is 0 Å². The molecule has 2 aliphatic rings. The molecule has 266 valence electrons. The summed E-state index contributed by atoms with van der Waals surface area (Å²) in [6.45, 7) is -1.49. The minimum absolute atomic E-state index is 0.0982. The predicted molar refractivity (Wildman–Crippen MR) is 155 cm³/mol. The topological polar surface area (TPSA) is 270 Å². The number of hydrogen-bond acceptors (Lipinski definition) is 14.